The van der Waals surface area contributed by atoms with Crippen molar-refractivity contribution < 1.29 is 14.7 Å². The lowest BCUT2D eigenvalue weighted by molar-refractivity contribution is -0.137. The highest BCUT2D eigenvalue weighted by molar-refractivity contribution is 8.00. The van der Waals surface area contributed by atoms with Crippen LogP contribution < -0.4 is 5.32 Å². The summed E-state index contributed by atoms with van der Waals surface area (Å²) in [5, 5.41) is 11.7. The Bertz CT molecular complexity index is 341. The van der Waals surface area contributed by atoms with E-state index in [1.54, 1.807) is 4.90 Å². The smallest absolute Gasteiger partial charge is 0.317 e. The van der Waals surface area contributed by atoms with Crippen molar-refractivity contribution in [1.29, 1.82) is 0 Å². The van der Waals surface area contributed by atoms with Crippen molar-refractivity contribution in [1.82, 2.24) is 10.2 Å². The van der Waals surface area contributed by atoms with Crippen molar-refractivity contribution in [3.05, 3.63) is 0 Å². The number of carbonyl (C=O) groups is 2. The van der Waals surface area contributed by atoms with E-state index in [0.717, 1.165) is 6.42 Å². The third-order valence-electron chi connectivity index (χ3n) is 3.59. The SMILES string of the molecule is CC(C)N(CCCC(=O)O)C(=O)NCC1(C)CCCS1. The van der Waals surface area contributed by atoms with Crippen molar-refractivity contribution >= 4 is 23.8 Å². The number of hydrogen-bond donors (Lipinski definition) is 2. The van der Waals surface area contributed by atoms with Crippen LogP contribution in [-0.4, -0.2) is 51.6 Å². The van der Waals surface area contributed by atoms with Gasteiger partial charge in [0.1, 0.15) is 0 Å². The Labute approximate surface area is 125 Å². The summed E-state index contributed by atoms with van der Waals surface area (Å²) in [6.07, 6.45) is 2.94. The highest BCUT2D eigenvalue weighted by Crippen LogP contribution is 2.36. The summed E-state index contributed by atoms with van der Waals surface area (Å²) in [6.45, 7) is 7.26. The molecule has 1 aliphatic heterocycles. The molecular weight excluding hydrogens is 276 g/mol. The number of urea groups is 1. The van der Waals surface area contributed by atoms with E-state index in [4.69, 9.17) is 5.11 Å². The Balaban J connectivity index is 2.41. The van der Waals surface area contributed by atoms with Gasteiger partial charge in [-0.3, -0.25) is 4.79 Å². The molecule has 0 aliphatic carbocycles. The van der Waals surface area contributed by atoms with E-state index < -0.39 is 5.97 Å². The number of nitrogens with zero attached hydrogens (tertiary/aromatic N) is 1. The molecule has 2 N–H and O–H groups in total. The number of amides is 2. The normalized spacial score (nSPS) is 22.0. The van der Waals surface area contributed by atoms with E-state index in [1.807, 2.05) is 25.6 Å². The molecule has 6 heteroatoms. The zero-order valence-electron chi connectivity index (χ0n) is 12.6. The van der Waals surface area contributed by atoms with E-state index >= 15 is 0 Å². The summed E-state index contributed by atoms with van der Waals surface area (Å²) < 4.78 is 0.152. The fourth-order valence-electron chi connectivity index (χ4n) is 2.34. The van der Waals surface area contributed by atoms with Crippen LogP contribution >= 0.6 is 11.8 Å². The molecule has 1 fully saturated rings. The first-order chi connectivity index (χ1) is 9.34. The highest BCUT2D eigenvalue weighted by atomic mass is 32.2. The molecule has 20 heavy (non-hydrogen) atoms. The van der Waals surface area contributed by atoms with Gasteiger partial charge in [0.05, 0.1) is 0 Å². The van der Waals surface area contributed by atoms with Gasteiger partial charge in [0.25, 0.3) is 0 Å². The van der Waals surface area contributed by atoms with Gasteiger partial charge in [-0.2, -0.15) is 11.8 Å². The number of nitrogens with one attached hydrogen (secondary N) is 1. The Kier molecular flexibility index (Phi) is 6.65. The molecule has 1 heterocycles. The van der Waals surface area contributed by atoms with Gasteiger partial charge >= 0.3 is 12.0 Å². The molecule has 5 nitrogen and oxygen atoms in total. The summed E-state index contributed by atoms with van der Waals surface area (Å²) in [5.74, 6) is 0.350. The van der Waals surface area contributed by atoms with E-state index in [-0.39, 0.29) is 23.2 Å². The van der Waals surface area contributed by atoms with Gasteiger partial charge in [0.2, 0.25) is 0 Å². The van der Waals surface area contributed by atoms with Gasteiger partial charge in [-0.1, -0.05) is 0 Å². The number of carboxylic acids is 1. The summed E-state index contributed by atoms with van der Waals surface area (Å²) in [4.78, 5) is 24.5. The average molecular weight is 302 g/mol. The zero-order chi connectivity index (χ0) is 15.2. The van der Waals surface area contributed by atoms with Gasteiger partial charge in [-0.15, -0.1) is 0 Å². The molecule has 1 rings (SSSR count). The lowest BCUT2D eigenvalue weighted by Crippen LogP contribution is -2.48. The third-order valence-corrected chi connectivity index (χ3v) is 5.13. The molecule has 0 aromatic heterocycles. The van der Waals surface area contributed by atoms with Gasteiger partial charge < -0.3 is 15.3 Å². The quantitative estimate of drug-likeness (QED) is 0.758. The summed E-state index contributed by atoms with van der Waals surface area (Å²) in [6, 6.07) is -0.00746. The van der Waals surface area contributed by atoms with Crippen LogP contribution in [0, 0.1) is 0 Å². The second kappa shape index (κ2) is 7.76. The van der Waals surface area contributed by atoms with E-state index in [1.165, 1.54) is 12.2 Å². The van der Waals surface area contributed by atoms with Crippen LogP contribution in [0.15, 0.2) is 0 Å². The summed E-state index contributed by atoms with van der Waals surface area (Å²) >= 11 is 1.92. The van der Waals surface area contributed by atoms with E-state index in [0.29, 0.717) is 19.5 Å². The molecular formula is C14H26N2O3S. The number of thioether (sulfide) groups is 1. The van der Waals surface area contributed by atoms with Crippen molar-refractivity contribution in [2.24, 2.45) is 0 Å². The number of carboxylic acid groups (broad SMARTS) is 1. The van der Waals surface area contributed by atoms with Crippen LogP contribution in [0.5, 0.6) is 0 Å². The molecule has 1 unspecified atom stereocenters. The summed E-state index contributed by atoms with van der Waals surface area (Å²) in [5.41, 5.74) is 0. The number of rotatable bonds is 7. The first-order valence-electron chi connectivity index (χ1n) is 7.24. The van der Waals surface area contributed by atoms with Crippen LogP contribution in [0.4, 0.5) is 4.79 Å². The molecule has 116 valence electrons. The van der Waals surface area contributed by atoms with E-state index in [9.17, 15) is 9.59 Å². The van der Waals surface area contributed by atoms with Gasteiger partial charge in [0, 0.05) is 30.3 Å². The molecule has 0 aromatic carbocycles. The predicted octanol–water partition coefficient (Wildman–Crippen LogP) is 2.56. The largest absolute Gasteiger partial charge is 0.481 e. The molecule has 0 spiro atoms. The van der Waals surface area contributed by atoms with Crippen molar-refractivity contribution in [2.45, 2.75) is 57.2 Å². The predicted molar refractivity (Wildman–Crippen MR) is 82.2 cm³/mol. The standard InChI is InChI=1S/C14H26N2O3S/c1-11(2)16(8-4-6-12(17)18)13(19)15-10-14(3)7-5-9-20-14/h11H,4-10H2,1-3H3,(H,15,19)(H,17,18). The topological polar surface area (TPSA) is 69.6 Å². The maximum atomic E-state index is 12.2. The number of aliphatic carboxylic acids is 1. The number of carbonyl (C=O) groups excluding carboxylic acids is 1. The van der Waals surface area contributed by atoms with Crippen LogP contribution in [0.25, 0.3) is 0 Å². The Morgan fingerprint density at radius 1 is 1.45 bits per heavy atom. The number of hydrogen-bond acceptors (Lipinski definition) is 3. The van der Waals surface area contributed by atoms with Crippen molar-refractivity contribution in [2.75, 3.05) is 18.8 Å². The fourth-order valence-corrected chi connectivity index (χ4v) is 3.58. The average Bonchev–Trinajstić information content (AvgIpc) is 2.78. The molecule has 1 saturated heterocycles. The first kappa shape index (κ1) is 17.1. The molecule has 2 amide bonds. The van der Waals surface area contributed by atoms with Crippen molar-refractivity contribution in [3.63, 3.8) is 0 Å². The molecule has 0 bridgehead atoms. The molecule has 0 saturated carbocycles. The molecule has 1 atom stereocenters. The van der Waals surface area contributed by atoms with Gasteiger partial charge in [-0.05, 0) is 45.8 Å². The van der Waals surface area contributed by atoms with Crippen molar-refractivity contribution in [3.8, 4) is 0 Å². The van der Waals surface area contributed by atoms with Crippen LogP contribution in [0.1, 0.15) is 46.5 Å². The second-order valence-electron chi connectivity index (χ2n) is 5.85. The molecule has 0 radical (unpaired) electrons. The van der Waals surface area contributed by atoms with Crippen LogP contribution in [0.3, 0.4) is 0 Å². The highest BCUT2D eigenvalue weighted by Gasteiger charge is 2.30. The lowest BCUT2D eigenvalue weighted by atomic mass is 10.1. The lowest BCUT2D eigenvalue weighted by Gasteiger charge is -2.29. The van der Waals surface area contributed by atoms with Gasteiger partial charge in [0.15, 0.2) is 0 Å². The Hall–Kier alpha value is -0.910. The first-order valence-corrected chi connectivity index (χ1v) is 8.23. The van der Waals surface area contributed by atoms with E-state index in [2.05, 4.69) is 12.2 Å². The molecule has 1 aliphatic rings. The minimum Gasteiger partial charge on any atom is -0.481 e. The van der Waals surface area contributed by atoms with Crippen LogP contribution in [0.2, 0.25) is 0 Å². The fraction of sp³-hybridized carbons (Fsp3) is 0.857. The maximum absolute atomic E-state index is 12.2. The summed E-state index contributed by atoms with van der Waals surface area (Å²) in [7, 11) is 0. The van der Waals surface area contributed by atoms with Gasteiger partial charge in [-0.25, -0.2) is 4.79 Å². The Morgan fingerprint density at radius 2 is 2.15 bits per heavy atom. The maximum Gasteiger partial charge on any atom is 0.317 e. The minimum atomic E-state index is -0.816. The zero-order valence-corrected chi connectivity index (χ0v) is 13.5. The third kappa shape index (κ3) is 5.61. The van der Waals surface area contributed by atoms with Crippen LogP contribution in [-0.2, 0) is 4.79 Å². The molecule has 0 aromatic rings. The minimum absolute atomic E-state index is 0.0767. The Morgan fingerprint density at radius 3 is 2.65 bits per heavy atom. The monoisotopic (exact) mass is 302 g/mol. The second-order valence-corrected chi connectivity index (χ2v) is 7.53.